The van der Waals surface area contributed by atoms with Crippen LogP contribution in [0.3, 0.4) is 0 Å². The van der Waals surface area contributed by atoms with Gasteiger partial charge in [0.25, 0.3) is 0 Å². The first-order valence-corrected chi connectivity index (χ1v) is 11.6. The first-order chi connectivity index (χ1) is 15.2. The molecule has 5 nitrogen and oxygen atoms in total. The highest BCUT2D eigenvalue weighted by molar-refractivity contribution is 5.79. The molecule has 2 unspecified atom stereocenters. The van der Waals surface area contributed by atoms with Gasteiger partial charge in [-0.15, -0.1) is 0 Å². The maximum Gasteiger partial charge on any atom is 0.224 e. The minimum Gasteiger partial charge on any atom is -0.383 e. The van der Waals surface area contributed by atoms with Crippen molar-refractivity contribution >= 4 is 5.91 Å². The first-order valence-electron chi connectivity index (χ1n) is 11.6. The molecule has 2 aromatic carbocycles. The zero-order valence-electron chi connectivity index (χ0n) is 18.6. The Morgan fingerprint density at radius 2 is 1.84 bits per heavy atom. The molecule has 2 heterocycles. The molecule has 0 bridgehead atoms. The molecule has 0 radical (unpaired) electrons. The van der Waals surface area contributed by atoms with Crippen molar-refractivity contribution in [1.82, 2.24) is 15.1 Å². The van der Waals surface area contributed by atoms with E-state index in [0.29, 0.717) is 13.2 Å². The van der Waals surface area contributed by atoms with Gasteiger partial charge in [0, 0.05) is 45.9 Å². The third kappa shape index (κ3) is 5.73. The van der Waals surface area contributed by atoms with Crippen LogP contribution >= 0.6 is 0 Å². The van der Waals surface area contributed by atoms with Gasteiger partial charge in [-0.2, -0.15) is 0 Å². The highest BCUT2D eigenvalue weighted by Crippen LogP contribution is 2.26. The number of fused-ring (bicyclic) bond motifs is 1. The summed E-state index contributed by atoms with van der Waals surface area (Å²) >= 11 is 0. The van der Waals surface area contributed by atoms with Crippen molar-refractivity contribution in [3.05, 3.63) is 71.3 Å². The van der Waals surface area contributed by atoms with Gasteiger partial charge in [0.1, 0.15) is 0 Å². The summed E-state index contributed by atoms with van der Waals surface area (Å²) in [6, 6.07) is 19.3. The number of rotatable bonds is 8. The zero-order valence-corrected chi connectivity index (χ0v) is 18.6. The van der Waals surface area contributed by atoms with Crippen molar-refractivity contribution in [3.63, 3.8) is 0 Å². The fourth-order valence-electron chi connectivity index (χ4n) is 5.05. The number of benzene rings is 2. The number of nitrogens with one attached hydrogen (secondary N) is 1. The van der Waals surface area contributed by atoms with Crippen molar-refractivity contribution in [3.8, 4) is 0 Å². The van der Waals surface area contributed by atoms with Crippen molar-refractivity contribution in [2.24, 2.45) is 5.92 Å². The Bertz CT molecular complexity index is 842. The molecule has 1 N–H and O–H groups in total. The van der Waals surface area contributed by atoms with E-state index in [4.69, 9.17) is 4.74 Å². The standard InChI is InChI=1S/C26H35N3O2/c1-31-20-25-24(12-7-15-29(25)18-21-8-3-2-4-9-21)26(30)27-14-17-28-16-13-22-10-5-6-11-23(22)19-28/h2-6,8-11,24-25H,7,12-20H2,1H3,(H,27,30). The van der Waals surface area contributed by atoms with E-state index in [0.717, 1.165) is 52.0 Å². The second-order valence-corrected chi connectivity index (χ2v) is 8.81. The molecule has 1 amide bonds. The smallest absolute Gasteiger partial charge is 0.224 e. The minimum atomic E-state index is -0.0144. The molecule has 2 aliphatic heterocycles. The number of carbonyl (C=O) groups excluding carboxylic acids is 1. The summed E-state index contributed by atoms with van der Waals surface area (Å²) in [5.41, 5.74) is 4.17. The van der Waals surface area contributed by atoms with E-state index >= 15 is 0 Å². The first kappa shape index (κ1) is 22.0. The van der Waals surface area contributed by atoms with Crippen molar-refractivity contribution in [2.45, 2.75) is 38.4 Å². The molecular weight excluding hydrogens is 386 g/mol. The van der Waals surface area contributed by atoms with Crippen LogP contribution in [0.4, 0.5) is 0 Å². The number of piperidine rings is 1. The van der Waals surface area contributed by atoms with Crippen molar-refractivity contribution < 1.29 is 9.53 Å². The van der Waals surface area contributed by atoms with Gasteiger partial charge in [0.2, 0.25) is 5.91 Å². The predicted molar refractivity (Wildman–Crippen MR) is 124 cm³/mol. The van der Waals surface area contributed by atoms with E-state index in [-0.39, 0.29) is 17.9 Å². The molecule has 2 aliphatic rings. The van der Waals surface area contributed by atoms with Crippen molar-refractivity contribution in [1.29, 1.82) is 0 Å². The maximum atomic E-state index is 13.1. The molecule has 0 spiro atoms. The Morgan fingerprint density at radius 3 is 2.65 bits per heavy atom. The fraction of sp³-hybridized carbons (Fsp3) is 0.500. The monoisotopic (exact) mass is 421 g/mol. The van der Waals surface area contributed by atoms with Crippen LogP contribution in [0.2, 0.25) is 0 Å². The quantitative estimate of drug-likeness (QED) is 0.712. The third-order valence-electron chi connectivity index (χ3n) is 6.73. The summed E-state index contributed by atoms with van der Waals surface area (Å²) in [7, 11) is 1.73. The number of likely N-dealkylation sites (tertiary alicyclic amines) is 1. The summed E-state index contributed by atoms with van der Waals surface area (Å²) in [6.07, 6.45) is 3.08. The molecule has 1 saturated heterocycles. The van der Waals surface area contributed by atoms with E-state index < -0.39 is 0 Å². The van der Waals surface area contributed by atoms with Crippen molar-refractivity contribution in [2.75, 3.05) is 39.9 Å². The minimum absolute atomic E-state index is 0.0144. The molecule has 0 aliphatic carbocycles. The lowest BCUT2D eigenvalue weighted by Crippen LogP contribution is -2.53. The van der Waals surface area contributed by atoms with Gasteiger partial charge >= 0.3 is 0 Å². The maximum absolute atomic E-state index is 13.1. The fourth-order valence-corrected chi connectivity index (χ4v) is 5.05. The predicted octanol–water partition coefficient (Wildman–Crippen LogP) is 3.09. The van der Waals surface area contributed by atoms with Crippen LogP contribution in [0, 0.1) is 5.92 Å². The van der Waals surface area contributed by atoms with Crippen LogP contribution in [0.1, 0.15) is 29.5 Å². The summed E-state index contributed by atoms with van der Waals surface area (Å²) in [5, 5.41) is 3.23. The molecule has 31 heavy (non-hydrogen) atoms. The van der Waals surface area contributed by atoms with E-state index in [1.54, 1.807) is 7.11 Å². The van der Waals surface area contributed by atoms with Gasteiger partial charge in [-0.25, -0.2) is 0 Å². The summed E-state index contributed by atoms with van der Waals surface area (Å²) < 4.78 is 5.53. The molecule has 5 heteroatoms. The zero-order chi connectivity index (χ0) is 21.5. The average molecular weight is 422 g/mol. The Morgan fingerprint density at radius 1 is 1.06 bits per heavy atom. The lowest BCUT2D eigenvalue weighted by Gasteiger charge is -2.40. The number of methoxy groups -OCH3 is 1. The molecule has 0 aromatic heterocycles. The SMILES string of the molecule is COCC1C(C(=O)NCCN2CCc3ccccc3C2)CCCN1Cc1ccccc1. The average Bonchev–Trinajstić information content (AvgIpc) is 2.81. The second-order valence-electron chi connectivity index (χ2n) is 8.81. The highest BCUT2D eigenvalue weighted by Gasteiger charge is 2.35. The van der Waals surface area contributed by atoms with Gasteiger partial charge in [0.15, 0.2) is 0 Å². The number of ether oxygens (including phenoxy) is 1. The van der Waals surface area contributed by atoms with E-state index in [1.807, 2.05) is 6.07 Å². The molecule has 2 atom stereocenters. The Labute approximate surface area is 186 Å². The molecular formula is C26H35N3O2. The van der Waals surface area contributed by atoms with Gasteiger partial charge in [0.05, 0.1) is 12.5 Å². The molecule has 4 rings (SSSR count). The van der Waals surface area contributed by atoms with E-state index in [2.05, 4.69) is 63.6 Å². The van der Waals surface area contributed by atoms with Gasteiger partial charge in [-0.05, 0) is 42.5 Å². The lowest BCUT2D eigenvalue weighted by molar-refractivity contribution is -0.130. The third-order valence-corrected chi connectivity index (χ3v) is 6.73. The highest BCUT2D eigenvalue weighted by atomic mass is 16.5. The van der Waals surface area contributed by atoms with Crippen LogP contribution in [0.15, 0.2) is 54.6 Å². The number of carbonyl (C=O) groups is 1. The second kappa shape index (κ2) is 10.9. The number of amides is 1. The molecule has 0 saturated carbocycles. The number of nitrogens with zero attached hydrogens (tertiary/aromatic N) is 2. The Hall–Kier alpha value is -2.21. The number of hydrogen-bond donors (Lipinski definition) is 1. The normalized spacial score (nSPS) is 22.1. The van der Waals surface area contributed by atoms with E-state index in [9.17, 15) is 4.79 Å². The Balaban J connectivity index is 1.30. The summed E-state index contributed by atoms with van der Waals surface area (Å²) in [5.74, 6) is 0.164. The van der Waals surface area contributed by atoms with Gasteiger partial charge in [-0.3, -0.25) is 14.6 Å². The number of hydrogen-bond acceptors (Lipinski definition) is 4. The molecule has 166 valence electrons. The van der Waals surface area contributed by atoms with E-state index in [1.165, 1.54) is 16.7 Å². The molecule has 2 aromatic rings. The Kier molecular flexibility index (Phi) is 7.73. The van der Waals surface area contributed by atoms with Crippen LogP contribution in [-0.2, 0) is 29.0 Å². The molecule has 1 fully saturated rings. The van der Waals surface area contributed by atoms with Gasteiger partial charge in [-0.1, -0.05) is 54.6 Å². The summed E-state index contributed by atoms with van der Waals surface area (Å²) in [6.45, 7) is 6.12. The van der Waals surface area contributed by atoms with Crippen LogP contribution in [0.25, 0.3) is 0 Å². The van der Waals surface area contributed by atoms with Crippen LogP contribution in [-0.4, -0.2) is 61.6 Å². The van der Waals surface area contributed by atoms with Gasteiger partial charge < -0.3 is 10.1 Å². The topological polar surface area (TPSA) is 44.8 Å². The lowest BCUT2D eigenvalue weighted by atomic mass is 9.88. The largest absolute Gasteiger partial charge is 0.383 e. The van der Waals surface area contributed by atoms with Crippen LogP contribution in [0.5, 0.6) is 0 Å². The summed E-state index contributed by atoms with van der Waals surface area (Å²) in [4.78, 5) is 18.0. The van der Waals surface area contributed by atoms with Crippen LogP contribution < -0.4 is 5.32 Å².